The molecule has 0 aliphatic heterocycles. The van der Waals surface area contributed by atoms with Crippen molar-refractivity contribution in [2.45, 2.75) is 45.8 Å². The van der Waals surface area contributed by atoms with Gasteiger partial charge in [-0.1, -0.05) is 0 Å². The van der Waals surface area contributed by atoms with E-state index in [9.17, 15) is 4.79 Å². The molecule has 1 aliphatic carbocycles. The van der Waals surface area contributed by atoms with Crippen LogP contribution in [0.2, 0.25) is 0 Å². The number of carbonyl (C=O) groups excluding carboxylic acids is 1. The molecule has 0 bridgehead atoms. The van der Waals surface area contributed by atoms with Crippen LogP contribution in [0, 0.1) is 5.92 Å². The van der Waals surface area contributed by atoms with Gasteiger partial charge in [0.1, 0.15) is 11.9 Å². The maximum absolute atomic E-state index is 11.6. The lowest BCUT2D eigenvalue weighted by atomic mass is 10.0. The van der Waals surface area contributed by atoms with E-state index < -0.39 is 0 Å². The molecule has 0 saturated heterocycles. The molecule has 0 amide bonds. The van der Waals surface area contributed by atoms with Crippen molar-refractivity contribution < 1.29 is 9.53 Å². The molecule has 3 aromatic rings. The van der Waals surface area contributed by atoms with Crippen LogP contribution in [0.15, 0.2) is 24.7 Å². The first-order valence-electron chi connectivity index (χ1n) is 9.09. The summed E-state index contributed by atoms with van der Waals surface area (Å²) in [4.78, 5) is 16.4. The maximum Gasteiger partial charge on any atom is 0.225 e. The summed E-state index contributed by atoms with van der Waals surface area (Å²) < 4.78 is 9.86. The zero-order valence-corrected chi connectivity index (χ0v) is 15.3. The number of ketones is 1. The number of fused-ring (bicyclic) bond motifs is 1. The normalized spacial score (nSPS) is 18.6. The number of pyridine rings is 1. The van der Waals surface area contributed by atoms with E-state index in [2.05, 4.69) is 10.2 Å². The minimum absolute atomic E-state index is 0.0639. The van der Waals surface area contributed by atoms with Crippen LogP contribution in [0.1, 0.15) is 33.1 Å². The molecular formula is C19H23N5O2. The number of ether oxygens (including phenoxy) is 1. The van der Waals surface area contributed by atoms with E-state index in [0.29, 0.717) is 24.5 Å². The molecule has 0 spiro atoms. The largest absolute Gasteiger partial charge is 0.474 e. The molecule has 1 aliphatic rings. The summed E-state index contributed by atoms with van der Waals surface area (Å²) in [5.74, 6) is 1.15. The smallest absolute Gasteiger partial charge is 0.225 e. The van der Waals surface area contributed by atoms with E-state index in [4.69, 9.17) is 9.72 Å². The third kappa shape index (κ3) is 3.09. The monoisotopic (exact) mass is 353 g/mol. The number of carbonyl (C=O) groups is 1. The Balaban J connectivity index is 1.71. The highest BCUT2D eigenvalue weighted by molar-refractivity contribution is 5.86. The molecule has 0 aromatic carbocycles. The van der Waals surface area contributed by atoms with Gasteiger partial charge in [-0.15, -0.1) is 0 Å². The number of hydrogen-bond donors (Lipinski definition) is 0. The number of Topliss-reactive ketones (excluding diaryl/α,β-unsaturated/α-hetero) is 1. The number of aryl methyl sites for hydroxylation is 2. The molecule has 1 saturated carbocycles. The molecule has 0 radical (unpaired) electrons. The van der Waals surface area contributed by atoms with Gasteiger partial charge in [-0.05, 0) is 26.3 Å². The Morgan fingerprint density at radius 2 is 2.23 bits per heavy atom. The van der Waals surface area contributed by atoms with Crippen molar-refractivity contribution >= 4 is 16.7 Å². The summed E-state index contributed by atoms with van der Waals surface area (Å²) in [6.45, 7) is 4.88. The molecule has 136 valence electrons. The molecule has 26 heavy (non-hydrogen) atoms. The van der Waals surface area contributed by atoms with Crippen molar-refractivity contribution in [2.75, 3.05) is 0 Å². The second-order valence-corrected chi connectivity index (χ2v) is 7.00. The first-order chi connectivity index (χ1) is 12.5. The van der Waals surface area contributed by atoms with Crippen molar-refractivity contribution in [3.05, 3.63) is 24.7 Å². The van der Waals surface area contributed by atoms with Gasteiger partial charge in [0, 0.05) is 50.3 Å². The molecule has 7 heteroatoms. The molecule has 0 N–H and O–H groups in total. The summed E-state index contributed by atoms with van der Waals surface area (Å²) >= 11 is 0. The summed E-state index contributed by atoms with van der Waals surface area (Å²) in [6.07, 6.45) is 7.78. The van der Waals surface area contributed by atoms with Crippen LogP contribution in [-0.2, 0) is 18.4 Å². The molecular weight excluding hydrogens is 330 g/mol. The zero-order valence-electron chi connectivity index (χ0n) is 15.3. The summed E-state index contributed by atoms with van der Waals surface area (Å²) in [7, 11) is 1.89. The Hall–Kier alpha value is -2.70. The van der Waals surface area contributed by atoms with Gasteiger partial charge < -0.3 is 4.74 Å². The third-order valence-electron chi connectivity index (χ3n) is 5.08. The van der Waals surface area contributed by atoms with Gasteiger partial charge in [-0.2, -0.15) is 10.2 Å². The molecule has 3 aromatic heterocycles. The summed E-state index contributed by atoms with van der Waals surface area (Å²) in [5, 5.41) is 9.73. The third-order valence-corrected chi connectivity index (χ3v) is 5.08. The summed E-state index contributed by atoms with van der Waals surface area (Å²) in [6, 6.07) is 1.96. The Morgan fingerprint density at radius 3 is 2.92 bits per heavy atom. The van der Waals surface area contributed by atoms with E-state index in [0.717, 1.165) is 35.1 Å². The van der Waals surface area contributed by atoms with Crippen molar-refractivity contribution in [2.24, 2.45) is 13.0 Å². The van der Waals surface area contributed by atoms with E-state index in [1.54, 1.807) is 4.68 Å². The SMILES string of the molecule is CCn1cc(-c2cc3nn(C)cc3c(O[C@H](C)[C@H]3CCC(=O)C3)n2)cn1. The minimum Gasteiger partial charge on any atom is -0.474 e. The topological polar surface area (TPSA) is 74.8 Å². The molecule has 2 atom stereocenters. The Bertz CT molecular complexity index is 958. The van der Waals surface area contributed by atoms with Crippen LogP contribution in [0.4, 0.5) is 0 Å². The molecule has 0 unspecified atom stereocenters. The fourth-order valence-electron chi connectivity index (χ4n) is 3.53. The quantitative estimate of drug-likeness (QED) is 0.705. The Labute approximate surface area is 152 Å². The van der Waals surface area contributed by atoms with E-state index in [-0.39, 0.29) is 12.0 Å². The van der Waals surface area contributed by atoms with Crippen LogP contribution in [-0.4, -0.2) is 36.4 Å². The lowest BCUT2D eigenvalue weighted by Crippen LogP contribution is -2.22. The van der Waals surface area contributed by atoms with Gasteiger partial charge in [0.25, 0.3) is 0 Å². The number of aromatic nitrogens is 5. The van der Waals surface area contributed by atoms with Crippen LogP contribution < -0.4 is 4.74 Å². The fourth-order valence-corrected chi connectivity index (χ4v) is 3.53. The van der Waals surface area contributed by atoms with Crippen LogP contribution in [0.3, 0.4) is 0 Å². The van der Waals surface area contributed by atoms with Gasteiger partial charge in [0.05, 0.1) is 22.8 Å². The fraction of sp³-hybridized carbons (Fsp3) is 0.474. The Kier molecular flexibility index (Phi) is 4.22. The predicted octanol–water partition coefficient (Wildman–Crippen LogP) is 2.99. The average Bonchev–Trinajstić information content (AvgIpc) is 3.33. The Morgan fingerprint density at radius 1 is 1.38 bits per heavy atom. The van der Waals surface area contributed by atoms with Gasteiger partial charge in [-0.3, -0.25) is 14.2 Å². The van der Waals surface area contributed by atoms with Gasteiger partial charge in [0.15, 0.2) is 0 Å². The standard InChI is InChI=1S/C19H23N5O2/c1-4-24-10-14(9-20-24)17-8-18-16(11-23(3)22-18)19(21-17)26-12(2)13-5-6-15(25)7-13/h8-13H,4-7H2,1-3H3/t12-,13+/m1/s1. The van der Waals surface area contributed by atoms with E-state index in [1.807, 2.05) is 50.2 Å². The highest BCUT2D eigenvalue weighted by atomic mass is 16.5. The average molecular weight is 353 g/mol. The van der Waals surface area contributed by atoms with Crippen molar-refractivity contribution in [3.63, 3.8) is 0 Å². The lowest BCUT2D eigenvalue weighted by molar-refractivity contribution is -0.117. The van der Waals surface area contributed by atoms with Crippen LogP contribution in [0.5, 0.6) is 5.88 Å². The molecule has 7 nitrogen and oxygen atoms in total. The van der Waals surface area contributed by atoms with E-state index in [1.165, 1.54) is 0 Å². The number of rotatable bonds is 5. The van der Waals surface area contributed by atoms with E-state index >= 15 is 0 Å². The lowest BCUT2D eigenvalue weighted by Gasteiger charge is -2.20. The first kappa shape index (κ1) is 16.8. The molecule has 4 rings (SSSR count). The second kappa shape index (κ2) is 6.55. The minimum atomic E-state index is -0.0639. The highest BCUT2D eigenvalue weighted by Gasteiger charge is 2.29. The first-order valence-corrected chi connectivity index (χ1v) is 9.09. The van der Waals surface area contributed by atoms with Crippen molar-refractivity contribution in [3.8, 4) is 17.1 Å². The van der Waals surface area contributed by atoms with Crippen molar-refractivity contribution in [1.82, 2.24) is 24.5 Å². The van der Waals surface area contributed by atoms with Crippen LogP contribution >= 0.6 is 0 Å². The maximum atomic E-state index is 11.6. The predicted molar refractivity (Wildman–Crippen MR) is 97.8 cm³/mol. The zero-order chi connectivity index (χ0) is 18.3. The second-order valence-electron chi connectivity index (χ2n) is 7.00. The number of nitrogens with zero attached hydrogens (tertiary/aromatic N) is 5. The summed E-state index contributed by atoms with van der Waals surface area (Å²) in [5.41, 5.74) is 2.57. The van der Waals surface area contributed by atoms with Gasteiger partial charge in [-0.25, -0.2) is 4.98 Å². The van der Waals surface area contributed by atoms with Gasteiger partial charge in [0.2, 0.25) is 5.88 Å². The van der Waals surface area contributed by atoms with Crippen molar-refractivity contribution in [1.29, 1.82) is 0 Å². The number of hydrogen-bond acceptors (Lipinski definition) is 5. The molecule has 3 heterocycles. The van der Waals surface area contributed by atoms with Crippen LogP contribution in [0.25, 0.3) is 22.2 Å². The molecule has 1 fully saturated rings. The highest BCUT2D eigenvalue weighted by Crippen LogP contribution is 2.32. The van der Waals surface area contributed by atoms with Gasteiger partial charge >= 0.3 is 0 Å².